The molecule has 0 bridgehead atoms. The number of anilines is 1. The molecule has 0 saturated carbocycles. The van der Waals surface area contributed by atoms with E-state index in [1.54, 1.807) is 25.3 Å². The smallest absolute Gasteiger partial charge is 0.270 e. The molecule has 5 heteroatoms. The molecular formula is C16H14N2O3. The van der Waals surface area contributed by atoms with Gasteiger partial charge in [-0.2, -0.15) is 0 Å². The number of non-ortho nitro benzene ring substituents is 1. The number of likely N-dealkylation sites (N-methyl/N-ethyl adjacent to an activating group) is 1. The molecule has 106 valence electrons. The number of carbonyl (C=O) groups excluding carboxylic acids is 1. The summed E-state index contributed by atoms with van der Waals surface area (Å²) in [4.78, 5) is 23.8. The number of hydrogen-bond acceptors (Lipinski definition) is 3. The van der Waals surface area contributed by atoms with Crippen molar-refractivity contribution in [2.75, 3.05) is 11.9 Å². The van der Waals surface area contributed by atoms with Gasteiger partial charge >= 0.3 is 0 Å². The van der Waals surface area contributed by atoms with E-state index < -0.39 is 4.92 Å². The zero-order valence-corrected chi connectivity index (χ0v) is 11.5. The van der Waals surface area contributed by atoms with Crippen LogP contribution in [0.1, 0.15) is 5.56 Å². The van der Waals surface area contributed by atoms with Crippen LogP contribution in [0, 0.1) is 10.1 Å². The van der Waals surface area contributed by atoms with Crippen LogP contribution in [0.15, 0.2) is 60.7 Å². The molecule has 0 spiro atoms. The molecule has 0 fully saturated rings. The Labute approximate surface area is 122 Å². The van der Waals surface area contributed by atoms with Crippen LogP contribution >= 0.6 is 0 Å². The van der Waals surface area contributed by atoms with Gasteiger partial charge in [-0.15, -0.1) is 0 Å². The summed E-state index contributed by atoms with van der Waals surface area (Å²) in [5, 5.41) is 10.7. The van der Waals surface area contributed by atoms with Crippen LogP contribution in [0.4, 0.5) is 11.4 Å². The largest absolute Gasteiger partial charge is 0.312 e. The van der Waals surface area contributed by atoms with Crippen LogP contribution in [-0.2, 0) is 4.79 Å². The maximum absolute atomic E-state index is 12.0. The van der Waals surface area contributed by atoms with Crippen LogP contribution < -0.4 is 4.90 Å². The Kier molecular flexibility index (Phi) is 4.46. The summed E-state index contributed by atoms with van der Waals surface area (Å²) >= 11 is 0. The fourth-order valence-electron chi connectivity index (χ4n) is 1.80. The quantitative estimate of drug-likeness (QED) is 0.491. The molecular weight excluding hydrogens is 268 g/mol. The third-order valence-electron chi connectivity index (χ3n) is 2.97. The highest BCUT2D eigenvalue weighted by molar-refractivity contribution is 6.03. The maximum atomic E-state index is 12.0. The molecule has 2 aromatic rings. The standard InChI is InChI=1S/C16H14N2O3/c1-17(14-7-3-2-4-8-14)16(19)11-10-13-6-5-9-15(12-13)18(20)21/h2-12H,1H3. The first-order valence-electron chi connectivity index (χ1n) is 6.33. The summed E-state index contributed by atoms with van der Waals surface area (Å²) in [6.45, 7) is 0. The molecule has 2 rings (SSSR count). The van der Waals surface area contributed by atoms with Gasteiger partial charge in [0.2, 0.25) is 0 Å². The molecule has 0 aliphatic carbocycles. The first-order valence-corrected chi connectivity index (χ1v) is 6.33. The number of nitro groups is 1. The summed E-state index contributed by atoms with van der Waals surface area (Å²) in [7, 11) is 1.68. The Morgan fingerprint density at radius 2 is 1.86 bits per heavy atom. The fraction of sp³-hybridized carbons (Fsp3) is 0.0625. The SMILES string of the molecule is CN(C(=O)C=Cc1cccc([N+](=O)[O-])c1)c1ccccc1. The number of nitrogens with zero attached hydrogens (tertiary/aromatic N) is 2. The van der Waals surface area contributed by atoms with Gasteiger partial charge in [-0.25, -0.2) is 0 Å². The highest BCUT2D eigenvalue weighted by atomic mass is 16.6. The van der Waals surface area contributed by atoms with E-state index in [4.69, 9.17) is 0 Å². The van der Waals surface area contributed by atoms with E-state index >= 15 is 0 Å². The molecule has 0 saturated heterocycles. The van der Waals surface area contributed by atoms with Gasteiger partial charge in [0, 0.05) is 30.9 Å². The fourth-order valence-corrected chi connectivity index (χ4v) is 1.80. The van der Waals surface area contributed by atoms with Gasteiger partial charge in [0.25, 0.3) is 11.6 Å². The van der Waals surface area contributed by atoms with E-state index in [1.165, 1.54) is 23.1 Å². The van der Waals surface area contributed by atoms with Gasteiger partial charge in [0.1, 0.15) is 0 Å². The first kappa shape index (κ1) is 14.5. The molecule has 0 radical (unpaired) electrons. The van der Waals surface area contributed by atoms with Crippen LogP contribution in [-0.4, -0.2) is 17.9 Å². The highest BCUT2D eigenvalue weighted by Crippen LogP contribution is 2.15. The minimum atomic E-state index is -0.463. The lowest BCUT2D eigenvalue weighted by molar-refractivity contribution is -0.384. The molecule has 0 aliphatic rings. The predicted molar refractivity (Wildman–Crippen MR) is 82.0 cm³/mol. The minimum Gasteiger partial charge on any atom is -0.312 e. The number of rotatable bonds is 4. The van der Waals surface area contributed by atoms with Gasteiger partial charge in [-0.1, -0.05) is 30.3 Å². The van der Waals surface area contributed by atoms with E-state index in [-0.39, 0.29) is 11.6 Å². The second-order valence-electron chi connectivity index (χ2n) is 4.42. The molecule has 0 aliphatic heterocycles. The lowest BCUT2D eigenvalue weighted by atomic mass is 10.2. The van der Waals surface area contributed by atoms with Crippen molar-refractivity contribution in [3.8, 4) is 0 Å². The number of para-hydroxylation sites is 1. The highest BCUT2D eigenvalue weighted by Gasteiger charge is 2.07. The third kappa shape index (κ3) is 3.76. The van der Waals surface area contributed by atoms with Gasteiger partial charge in [-0.05, 0) is 23.8 Å². The topological polar surface area (TPSA) is 63.5 Å². The lowest BCUT2D eigenvalue weighted by Gasteiger charge is -2.14. The number of carbonyl (C=O) groups is 1. The van der Waals surface area contributed by atoms with Crippen molar-refractivity contribution in [3.63, 3.8) is 0 Å². The Morgan fingerprint density at radius 1 is 1.14 bits per heavy atom. The van der Waals surface area contributed by atoms with Gasteiger partial charge in [0.05, 0.1) is 4.92 Å². The van der Waals surface area contributed by atoms with Crippen molar-refractivity contribution < 1.29 is 9.72 Å². The maximum Gasteiger partial charge on any atom is 0.270 e. The zero-order valence-electron chi connectivity index (χ0n) is 11.5. The normalized spacial score (nSPS) is 10.5. The van der Waals surface area contributed by atoms with E-state index in [0.29, 0.717) is 5.56 Å². The summed E-state index contributed by atoms with van der Waals surface area (Å²) in [5.74, 6) is -0.201. The van der Waals surface area contributed by atoms with Crippen molar-refractivity contribution in [1.29, 1.82) is 0 Å². The number of benzene rings is 2. The second-order valence-corrected chi connectivity index (χ2v) is 4.42. The Balaban J connectivity index is 2.12. The van der Waals surface area contributed by atoms with E-state index in [9.17, 15) is 14.9 Å². The first-order chi connectivity index (χ1) is 10.1. The lowest BCUT2D eigenvalue weighted by Crippen LogP contribution is -2.23. The van der Waals surface area contributed by atoms with Crippen LogP contribution in [0.25, 0.3) is 6.08 Å². The van der Waals surface area contributed by atoms with Crippen molar-refractivity contribution in [1.82, 2.24) is 0 Å². The Morgan fingerprint density at radius 3 is 2.52 bits per heavy atom. The van der Waals surface area contributed by atoms with Crippen LogP contribution in [0.5, 0.6) is 0 Å². The average molecular weight is 282 g/mol. The predicted octanol–water partition coefficient (Wildman–Crippen LogP) is 3.27. The van der Waals surface area contributed by atoms with Crippen molar-refractivity contribution in [2.24, 2.45) is 0 Å². The summed E-state index contributed by atoms with van der Waals surface area (Å²) < 4.78 is 0. The monoisotopic (exact) mass is 282 g/mol. The molecule has 1 amide bonds. The van der Waals surface area contributed by atoms with Crippen molar-refractivity contribution in [3.05, 3.63) is 76.4 Å². The number of amides is 1. The molecule has 0 atom stereocenters. The van der Waals surface area contributed by atoms with Crippen molar-refractivity contribution in [2.45, 2.75) is 0 Å². The molecule has 0 aromatic heterocycles. The van der Waals surface area contributed by atoms with Gasteiger partial charge < -0.3 is 4.90 Å². The summed E-state index contributed by atoms with van der Waals surface area (Å²) in [6.07, 6.45) is 2.96. The zero-order chi connectivity index (χ0) is 15.2. The Bertz CT molecular complexity index is 681. The average Bonchev–Trinajstić information content (AvgIpc) is 2.53. The molecule has 21 heavy (non-hydrogen) atoms. The molecule has 2 aromatic carbocycles. The van der Waals surface area contributed by atoms with E-state index in [1.807, 2.05) is 30.3 Å². The molecule has 5 nitrogen and oxygen atoms in total. The summed E-state index contributed by atoms with van der Waals surface area (Å²) in [6, 6.07) is 15.4. The Hall–Kier alpha value is -2.95. The second kappa shape index (κ2) is 6.47. The minimum absolute atomic E-state index is 0.000938. The van der Waals surface area contributed by atoms with Gasteiger partial charge in [0.15, 0.2) is 0 Å². The van der Waals surface area contributed by atoms with E-state index in [0.717, 1.165) is 5.69 Å². The third-order valence-corrected chi connectivity index (χ3v) is 2.97. The van der Waals surface area contributed by atoms with Gasteiger partial charge in [-0.3, -0.25) is 14.9 Å². The number of hydrogen-bond donors (Lipinski definition) is 0. The van der Waals surface area contributed by atoms with E-state index in [2.05, 4.69) is 0 Å². The molecule has 0 N–H and O–H groups in total. The van der Waals surface area contributed by atoms with Crippen LogP contribution in [0.3, 0.4) is 0 Å². The molecule has 0 heterocycles. The van der Waals surface area contributed by atoms with Crippen LogP contribution in [0.2, 0.25) is 0 Å². The van der Waals surface area contributed by atoms with Crippen molar-refractivity contribution >= 4 is 23.4 Å². The number of nitro benzene ring substituents is 1. The summed E-state index contributed by atoms with van der Waals surface area (Å²) in [5.41, 5.74) is 1.39. The molecule has 0 unspecified atom stereocenters.